The lowest BCUT2D eigenvalue weighted by Crippen LogP contribution is -2.45. The van der Waals surface area contributed by atoms with E-state index in [1.807, 2.05) is 0 Å². The van der Waals surface area contributed by atoms with Crippen LogP contribution in [0.25, 0.3) is 5.69 Å². The number of halogens is 7. The maximum absolute atomic E-state index is 15.4. The summed E-state index contributed by atoms with van der Waals surface area (Å²) < 4.78 is 101. The maximum atomic E-state index is 15.4. The van der Waals surface area contributed by atoms with Gasteiger partial charge in [-0.1, -0.05) is 23.7 Å². The molecule has 15 nitrogen and oxygen atoms in total. The van der Waals surface area contributed by atoms with Crippen LogP contribution in [0.4, 0.5) is 36.8 Å². The molecule has 2 N–H and O–H groups in total. The Hall–Kier alpha value is -5.93. The first-order valence-corrected chi connectivity index (χ1v) is 17.9. The molecule has 1 amide bonds. The summed E-state index contributed by atoms with van der Waals surface area (Å²) in [5, 5.41) is 23.5. The van der Waals surface area contributed by atoms with Gasteiger partial charge in [0.05, 0.1) is 24.0 Å². The van der Waals surface area contributed by atoms with Crippen LogP contribution in [-0.2, 0) is 33.0 Å². The number of benzene rings is 3. The number of anilines is 1. The van der Waals surface area contributed by atoms with Gasteiger partial charge < -0.3 is 24.6 Å². The quantitative estimate of drug-likeness (QED) is 0.0747. The smallest absolute Gasteiger partial charge is 0.416 e. The minimum Gasteiger partial charge on any atom is -0.487 e. The minimum atomic E-state index is -4.39. The highest BCUT2D eigenvalue weighted by atomic mass is 35.5. The molecule has 22 heteroatoms. The van der Waals surface area contributed by atoms with Crippen LogP contribution in [0, 0.1) is 11.6 Å². The van der Waals surface area contributed by atoms with Crippen LogP contribution >= 0.6 is 11.6 Å². The van der Waals surface area contributed by atoms with Gasteiger partial charge >= 0.3 is 30.1 Å². The Morgan fingerprint density at radius 2 is 1.78 bits per heavy atom. The molecule has 0 aliphatic heterocycles. The fourth-order valence-corrected chi connectivity index (χ4v) is 6.01. The van der Waals surface area contributed by atoms with Gasteiger partial charge in [0, 0.05) is 41.3 Å². The number of carbonyl (C=O) groups excluding carboxylic acids is 2. The molecular formula is C37H38ClF6N8O7+. The Labute approximate surface area is 336 Å². The molecule has 0 aliphatic rings. The summed E-state index contributed by atoms with van der Waals surface area (Å²) in [6.07, 6.45) is -2.16. The molecule has 3 atom stereocenters. The van der Waals surface area contributed by atoms with E-state index in [1.165, 1.54) is 54.9 Å². The molecule has 3 unspecified atom stereocenters. The van der Waals surface area contributed by atoms with E-state index < -0.39 is 78.3 Å². The molecule has 0 spiro atoms. The number of alkyl halides is 4. The van der Waals surface area contributed by atoms with Gasteiger partial charge in [0.1, 0.15) is 42.5 Å². The normalized spacial score (nSPS) is 13.8. The standard InChI is InChI=1S/C37H38ClF6N8O7/c1-22(52-34(54)51(20-47-52)25-9-11-26(12-10-25)58-18-37(43,44)33(41)42)36(56,28-13-8-24(39)14-30(28)40)17-50-21-49(19-46-50)23(2)59-35(55)48(4)31-7-5-6-29(38)27(31)16-57-32(53)15-45-3/h5-14,19-23,33,45,56H,15-18H2,1-4H3/q+1. The first-order chi connectivity index (χ1) is 27.9. The van der Waals surface area contributed by atoms with E-state index >= 15 is 4.39 Å². The summed E-state index contributed by atoms with van der Waals surface area (Å²) in [7, 11) is 3.00. The van der Waals surface area contributed by atoms with Gasteiger partial charge in [0.25, 0.3) is 6.33 Å². The molecule has 2 aromatic heterocycles. The fraction of sp³-hybridized carbons (Fsp3) is 0.351. The number of carbonyl (C=O) groups is 2. The van der Waals surface area contributed by atoms with Crippen molar-refractivity contribution in [3.8, 4) is 11.4 Å². The molecule has 0 saturated carbocycles. The largest absolute Gasteiger partial charge is 0.487 e. The molecule has 59 heavy (non-hydrogen) atoms. The number of hydrogen-bond acceptors (Lipinski definition) is 10. The molecule has 3 aromatic carbocycles. The van der Waals surface area contributed by atoms with E-state index in [0.717, 1.165) is 44.7 Å². The minimum absolute atomic E-state index is 0.0442. The summed E-state index contributed by atoms with van der Waals surface area (Å²) in [6, 6.07) is 10.7. The van der Waals surface area contributed by atoms with Crippen LogP contribution in [0.15, 0.2) is 84.4 Å². The van der Waals surface area contributed by atoms with Gasteiger partial charge in [-0.25, -0.2) is 36.4 Å². The average molecular weight is 856 g/mol. The van der Waals surface area contributed by atoms with Crippen molar-refractivity contribution in [2.24, 2.45) is 0 Å². The van der Waals surface area contributed by atoms with E-state index in [9.17, 15) is 41.4 Å². The van der Waals surface area contributed by atoms with E-state index in [4.69, 9.17) is 25.8 Å². The molecule has 316 valence electrons. The molecular weight excluding hydrogens is 818 g/mol. The molecule has 0 aliphatic carbocycles. The predicted octanol–water partition coefficient (Wildman–Crippen LogP) is 4.93. The van der Waals surface area contributed by atoms with Crippen LogP contribution in [-0.4, -0.2) is 80.9 Å². The van der Waals surface area contributed by atoms with E-state index in [1.54, 1.807) is 25.2 Å². The Morgan fingerprint density at radius 1 is 1.07 bits per heavy atom. The number of aliphatic hydroxyl groups is 1. The number of rotatable bonds is 17. The Bertz CT molecular complexity index is 2330. The van der Waals surface area contributed by atoms with Gasteiger partial charge in [0.15, 0.2) is 6.61 Å². The highest BCUT2D eigenvalue weighted by molar-refractivity contribution is 6.31. The second-order valence-electron chi connectivity index (χ2n) is 13.2. The van der Waals surface area contributed by atoms with Crippen molar-refractivity contribution in [1.29, 1.82) is 0 Å². The second-order valence-corrected chi connectivity index (χ2v) is 13.6. The molecule has 0 radical (unpaired) electrons. The Morgan fingerprint density at radius 3 is 2.44 bits per heavy atom. The average Bonchev–Trinajstić information content (AvgIpc) is 3.82. The third kappa shape index (κ3) is 10.0. The number of nitrogens with zero attached hydrogens (tertiary/aromatic N) is 7. The SMILES string of the molecule is CNCC(=O)OCc1c(Cl)cccc1N(C)C(=O)OC(C)[n+]1cnn(CC(O)(c2ccc(F)cc2F)C(C)n2ncn(-c3ccc(OCC(F)(F)C(F)F)cc3)c2=O)c1. The highest BCUT2D eigenvalue weighted by Gasteiger charge is 2.44. The zero-order valence-electron chi connectivity index (χ0n) is 31.7. The van der Waals surface area contributed by atoms with Gasteiger partial charge in [-0.3, -0.25) is 9.69 Å². The number of amides is 1. The fourth-order valence-electron chi connectivity index (χ4n) is 5.78. The Kier molecular flexibility index (Phi) is 13.7. The van der Waals surface area contributed by atoms with Crippen molar-refractivity contribution in [3.05, 3.63) is 118 Å². The van der Waals surface area contributed by atoms with Gasteiger partial charge in [-0.15, -0.1) is 4.68 Å². The summed E-state index contributed by atoms with van der Waals surface area (Å²) in [5.74, 6) is -7.21. The number of likely N-dealkylation sites (N-methyl/N-ethyl adjacent to an activating group) is 1. The second kappa shape index (κ2) is 18.3. The van der Waals surface area contributed by atoms with Crippen LogP contribution < -0.4 is 25.2 Å². The zero-order valence-corrected chi connectivity index (χ0v) is 32.5. The third-order valence-electron chi connectivity index (χ3n) is 9.14. The summed E-state index contributed by atoms with van der Waals surface area (Å²) in [6.45, 7) is 0.446. The van der Waals surface area contributed by atoms with Gasteiger partial charge in [-0.2, -0.15) is 18.4 Å². The van der Waals surface area contributed by atoms with E-state index in [2.05, 4.69) is 15.5 Å². The van der Waals surface area contributed by atoms with E-state index in [-0.39, 0.29) is 29.6 Å². The van der Waals surface area contributed by atoms with Crippen molar-refractivity contribution in [2.45, 2.75) is 57.2 Å². The van der Waals surface area contributed by atoms with Crippen molar-refractivity contribution in [3.63, 3.8) is 0 Å². The topological polar surface area (TPSA) is 159 Å². The highest BCUT2D eigenvalue weighted by Crippen LogP contribution is 2.36. The lowest BCUT2D eigenvalue weighted by molar-refractivity contribution is -0.753. The summed E-state index contributed by atoms with van der Waals surface area (Å²) in [5.41, 5.74) is -2.86. The number of hydrogen-bond donors (Lipinski definition) is 2. The monoisotopic (exact) mass is 855 g/mol. The number of nitrogens with one attached hydrogen (secondary N) is 1. The van der Waals surface area contributed by atoms with Crippen molar-refractivity contribution in [1.82, 2.24) is 29.4 Å². The summed E-state index contributed by atoms with van der Waals surface area (Å²) >= 11 is 6.36. The van der Waals surface area contributed by atoms with Gasteiger partial charge in [0.2, 0.25) is 12.6 Å². The predicted molar refractivity (Wildman–Crippen MR) is 196 cm³/mol. The molecule has 5 rings (SSSR count). The van der Waals surface area contributed by atoms with Crippen LogP contribution in [0.2, 0.25) is 5.02 Å². The van der Waals surface area contributed by atoms with Crippen molar-refractivity contribution in [2.75, 3.05) is 32.1 Å². The molecule has 0 bridgehead atoms. The van der Waals surface area contributed by atoms with Crippen LogP contribution in [0.3, 0.4) is 0 Å². The third-order valence-corrected chi connectivity index (χ3v) is 9.49. The molecule has 2 heterocycles. The number of esters is 1. The van der Waals surface area contributed by atoms with Crippen molar-refractivity contribution < 1.29 is 59.8 Å². The lowest BCUT2D eigenvalue weighted by atomic mass is 9.86. The zero-order chi connectivity index (χ0) is 43.2. The van der Waals surface area contributed by atoms with Crippen molar-refractivity contribution >= 4 is 29.4 Å². The first kappa shape index (κ1) is 44.2. The van der Waals surface area contributed by atoms with Crippen LogP contribution in [0.5, 0.6) is 5.75 Å². The van der Waals surface area contributed by atoms with Crippen LogP contribution in [0.1, 0.15) is 37.2 Å². The number of aromatic nitrogens is 6. The molecule has 5 aromatic rings. The Balaban J connectivity index is 1.36. The maximum Gasteiger partial charge on any atom is 0.416 e. The lowest BCUT2D eigenvalue weighted by Gasteiger charge is -2.32. The number of ether oxygens (including phenoxy) is 3. The molecule has 0 saturated heterocycles. The van der Waals surface area contributed by atoms with Gasteiger partial charge in [-0.05, 0) is 56.4 Å². The molecule has 0 fully saturated rings. The van der Waals surface area contributed by atoms with E-state index in [0.29, 0.717) is 17.3 Å². The summed E-state index contributed by atoms with van der Waals surface area (Å²) in [4.78, 5) is 40.0. The first-order valence-electron chi connectivity index (χ1n) is 17.5.